The Morgan fingerprint density at radius 2 is 1.96 bits per heavy atom. The Hall–Kier alpha value is -2.79. The number of nitrogens with zero attached hydrogens (tertiary/aromatic N) is 4. The predicted octanol–water partition coefficient (Wildman–Crippen LogP) is 2.81. The molecule has 146 valence electrons. The molecule has 0 fully saturated rings. The molecule has 0 bridgehead atoms. The Kier molecular flexibility index (Phi) is 6.71. The second-order valence-corrected chi connectivity index (χ2v) is 7.39. The van der Waals surface area contributed by atoms with Crippen LogP contribution in [0.3, 0.4) is 0 Å². The lowest BCUT2D eigenvalue weighted by Crippen LogP contribution is -2.18. The fraction of sp³-hybridized carbons (Fsp3) is 0.235. The van der Waals surface area contributed by atoms with Gasteiger partial charge in [0.15, 0.2) is 10.3 Å². The van der Waals surface area contributed by atoms with Gasteiger partial charge in [-0.2, -0.15) is 0 Å². The molecule has 0 saturated carbocycles. The Bertz CT molecular complexity index is 943. The molecule has 0 aliphatic carbocycles. The number of hydrogen-bond donors (Lipinski definition) is 2. The summed E-state index contributed by atoms with van der Waals surface area (Å²) in [6.45, 7) is 2.48. The first-order valence-corrected chi connectivity index (χ1v) is 10.2. The lowest BCUT2D eigenvalue weighted by atomic mass is 10.3. The molecule has 0 unspecified atom stereocenters. The topological polar surface area (TPSA) is 102 Å². The lowest BCUT2D eigenvalue weighted by molar-refractivity contribution is -0.116. The van der Waals surface area contributed by atoms with Crippen molar-refractivity contribution in [2.45, 2.75) is 25.0 Å². The van der Waals surface area contributed by atoms with Crippen molar-refractivity contribution in [3.05, 3.63) is 47.5 Å². The van der Waals surface area contributed by atoms with E-state index in [0.29, 0.717) is 28.3 Å². The van der Waals surface area contributed by atoms with Crippen LogP contribution in [0.1, 0.15) is 12.7 Å². The Labute approximate surface area is 168 Å². The summed E-state index contributed by atoms with van der Waals surface area (Å²) in [7, 11) is 0. The monoisotopic (exact) mass is 420 g/mol. The highest BCUT2D eigenvalue weighted by Crippen LogP contribution is 2.19. The van der Waals surface area contributed by atoms with Gasteiger partial charge in [0.25, 0.3) is 0 Å². The number of halogens is 1. The van der Waals surface area contributed by atoms with Gasteiger partial charge in [0, 0.05) is 23.8 Å². The van der Waals surface area contributed by atoms with Crippen molar-refractivity contribution in [1.82, 2.24) is 19.7 Å². The van der Waals surface area contributed by atoms with Crippen molar-refractivity contribution in [2.75, 3.05) is 16.4 Å². The molecule has 8 nitrogen and oxygen atoms in total. The van der Waals surface area contributed by atoms with E-state index in [1.54, 1.807) is 16.1 Å². The number of thioether (sulfide) groups is 1. The molecule has 0 spiro atoms. The van der Waals surface area contributed by atoms with Crippen LogP contribution in [0, 0.1) is 5.82 Å². The van der Waals surface area contributed by atoms with Crippen LogP contribution < -0.4 is 10.6 Å². The fourth-order valence-corrected chi connectivity index (χ4v) is 3.69. The number of aromatic nitrogens is 4. The third kappa shape index (κ3) is 5.36. The highest BCUT2D eigenvalue weighted by Gasteiger charge is 2.16. The van der Waals surface area contributed by atoms with Gasteiger partial charge in [0.05, 0.1) is 12.2 Å². The molecular weight excluding hydrogens is 403 g/mol. The van der Waals surface area contributed by atoms with Crippen molar-refractivity contribution in [3.8, 4) is 0 Å². The standard InChI is InChI=1S/C17H17FN6O2S2/c1-2-24-13(9-14(25)21-16-19-7-8-27-16)22-23-17(24)28-10-15(26)20-12-5-3-11(18)4-6-12/h3-8H,2,9-10H2,1H3,(H,20,26)(H,19,21,25). The highest BCUT2D eigenvalue weighted by molar-refractivity contribution is 7.99. The maximum absolute atomic E-state index is 12.9. The number of rotatable bonds is 8. The number of carbonyl (C=O) groups excluding carboxylic acids is 2. The van der Waals surface area contributed by atoms with Crippen molar-refractivity contribution < 1.29 is 14.0 Å². The number of amides is 2. The van der Waals surface area contributed by atoms with Gasteiger partial charge in [-0.05, 0) is 31.2 Å². The third-order valence-corrected chi connectivity index (χ3v) is 5.22. The van der Waals surface area contributed by atoms with E-state index in [9.17, 15) is 14.0 Å². The minimum absolute atomic E-state index is 0.0583. The third-order valence-electron chi connectivity index (χ3n) is 3.57. The molecule has 0 aliphatic heterocycles. The van der Waals surface area contributed by atoms with Crippen molar-refractivity contribution >= 4 is 45.7 Å². The maximum atomic E-state index is 12.9. The molecule has 2 N–H and O–H groups in total. The summed E-state index contributed by atoms with van der Waals surface area (Å²) in [5.41, 5.74) is 0.517. The zero-order valence-corrected chi connectivity index (χ0v) is 16.5. The van der Waals surface area contributed by atoms with Gasteiger partial charge in [0.2, 0.25) is 11.8 Å². The van der Waals surface area contributed by atoms with Gasteiger partial charge in [-0.15, -0.1) is 21.5 Å². The van der Waals surface area contributed by atoms with Crippen LogP contribution in [-0.2, 0) is 22.6 Å². The molecule has 0 aliphatic rings. The lowest BCUT2D eigenvalue weighted by Gasteiger charge is -2.08. The minimum Gasteiger partial charge on any atom is -0.325 e. The van der Waals surface area contributed by atoms with Crippen molar-refractivity contribution in [2.24, 2.45) is 0 Å². The molecule has 11 heteroatoms. The van der Waals surface area contributed by atoms with E-state index in [2.05, 4.69) is 25.8 Å². The van der Waals surface area contributed by atoms with E-state index in [0.717, 1.165) is 0 Å². The minimum atomic E-state index is -0.366. The van der Waals surface area contributed by atoms with Gasteiger partial charge < -0.3 is 15.2 Å². The van der Waals surface area contributed by atoms with Crippen molar-refractivity contribution in [1.29, 1.82) is 0 Å². The molecule has 0 atom stereocenters. The summed E-state index contributed by atoms with van der Waals surface area (Å²) in [4.78, 5) is 28.2. The zero-order valence-electron chi connectivity index (χ0n) is 14.9. The summed E-state index contributed by atoms with van der Waals surface area (Å²) in [6, 6.07) is 5.54. The summed E-state index contributed by atoms with van der Waals surface area (Å²) in [5.74, 6) is -0.221. The molecule has 1 aromatic carbocycles. The van der Waals surface area contributed by atoms with Crippen LogP contribution in [0.5, 0.6) is 0 Å². The first-order chi connectivity index (χ1) is 13.5. The highest BCUT2D eigenvalue weighted by atomic mass is 32.2. The van der Waals surface area contributed by atoms with Crippen LogP contribution in [-0.4, -0.2) is 37.3 Å². The summed E-state index contributed by atoms with van der Waals surface area (Å²) in [6.07, 6.45) is 1.67. The SMILES string of the molecule is CCn1c(CC(=O)Nc2nccs2)nnc1SCC(=O)Nc1ccc(F)cc1. The number of benzene rings is 1. The molecule has 28 heavy (non-hydrogen) atoms. The number of carbonyl (C=O) groups is 2. The molecule has 3 rings (SSSR count). The first-order valence-electron chi connectivity index (χ1n) is 8.34. The van der Waals surface area contributed by atoms with Gasteiger partial charge in [-0.25, -0.2) is 9.37 Å². The average Bonchev–Trinajstić information content (AvgIpc) is 3.31. The quantitative estimate of drug-likeness (QED) is 0.544. The molecule has 3 aromatic rings. The van der Waals surface area contributed by atoms with Gasteiger partial charge in [-0.3, -0.25) is 9.59 Å². The van der Waals surface area contributed by atoms with E-state index in [1.807, 2.05) is 6.92 Å². The van der Waals surface area contributed by atoms with Crippen LogP contribution >= 0.6 is 23.1 Å². The van der Waals surface area contributed by atoms with E-state index < -0.39 is 0 Å². The zero-order chi connectivity index (χ0) is 19.9. The number of nitrogens with one attached hydrogen (secondary N) is 2. The van der Waals surface area contributed by atoms with Crippen LogP contribution in [0.25, 0.3) is 0 Å². The second kappa shape index (κ2) is 9.42. The number of thiazole rings is 1. The van der Waals surface area contributed by atoms with Gasteiger partial charge in [-0.1, -0.05) is 11.8 Å². The smallest absolute Gasteiger partial charge is 0.234 e. The molecule has 2 heterocycles. The molecule has 0 saturated heterocycles. The van der Waals surface area contributed by atoms with E-state index >= 15 is 0 Å². The second-order valence-electron chi connectivity index (χ2n) is 5.55. The Morgan fingerprint density at radius 1 is 1.18 bits per heavy atom. The first kappa shape index (κ1) is 20.0. The Balaban J connectivity index is 1.56. The van der Waals surface area contributed by atoms with Crippen molar-refractivity contribution in [3.63, 3.8) is 0 Å². The number of hydrogen-bond acceptors (Lipinski definition) is 7. The van der Waals surface area contributed by atoms with Crippen LogP contribution in [0.4, 0.5) is 15.2 Å². The normalized spacial score (nSPS) is 10.6. The average molecular weight is 420 g/mol. The predicted molar refractivity (Wildman–Crippen MR) is 106 cm³/mol. The maximum Gasteiger partial charge on any atom is 0.234 e. The van der Waals surface area contributed by atoms with E-state index in [1.165, 1.54) is 47.4 Å². The van der Waals surface area contributed by atoms with E-state index in [4.69, 9.17) is 0 Å². The molecule has 2 amide bonds. The summed E-state index contributed by atoms with van der Waals surface area (Å²) in [5, 5.41) is 16.4. The summed E-state index contributed by atoms with van der Waals surface area (Å²) < 4.78 is 14.7. The van der Waals surface area contributed by atoms with Crippen LogP contribution in [0.2, 0.25) is 0 Å². The largest absolute Gasteiger partial charge is 0.325 e. The van der Waals surface area contributed by atoms with Gasteiger partial charge >= 0.3 is 0 Å². The summed E-state index contributed by atoms with van der Waals surface area (Å²) >= 11 is 2.55. The molecule has 0 radical (unpaired) electrons. The molecular formula is C17H17FN6O2S2. The fourth-order valence-electron chi connectivity index (χ4n) is 2.33. The molecule has 2 aromatic heterocycles. The van der Waals surface area contributed by atoms with Crippen LogP contribution in [0.15, 0.2) is 41.0 Å². The Morgan fingerprint density at radius 3 is 2.64 bits per heavy atom. The number of anilines is 2. The van der Waals surface area contributed by atoms with Gasteiger partial charge in [0.1, 0.15) is 11.6 Å². The van der Waals surface area contributed by atoms with E-state index in [-0.39, 0.29) is 29.8 Å².